The molecule has 0 amide bonds. The van der Waals surface area contributed by atoms with Crippen molar-refractivity contribution in [2.45, 2.75) is 17.6 Å². The maximum absolute atomic E-state index is 12.9. The summed E-state index contributed by atoms with van der Waals surface area (Å²) in [7, 11) is -4.17. The summed E-state index contributed by atoms with van der Waals surface area (Å²) >= 11 is 5.52. The van der Waals surface area contributed by atoms with Crippen LogP contribution in [-0.2, 0) is 22.7 Å². The van der Waals surface area contributed by atoms with E-state index in [0.717, 1.165) is 17.8 Å². The lowest BCUT2D eigenvalue weighted by Crippen LogP contribution is -2.24. The van der Waals surface area contributed by atoms with E-state index in [1.807, 2.05) is 30.3 Å². The van der Waals surface area contributed by atoms with Crippen LogP contribution in [0.25, 0.3) is 5.69 Å². The molecule has 1 aromatic heterocycles. The Kier molecular flexibility index (Phi) is 5.27. The van der Waals surface area contributed by atoms with Gasteiger partial charge in [-0.2, -0.15) is 18.3 Å². The first kappa shape index (κ1) is 19.4. The van der Waals surface area contributed by atoms with Crippen LogP contribution in [0.4, 0.5) is 13.2 Å². The lowest BCUT2D eigenvalue weighted by atomic mass is 10.2. The molecule has 27 heavy (non-hydrogen) atoms. The highest BCUT2D eigenvalue weighted by Crippen LogP contribution is 2.35. The zero-order valence-corrected chi connectivity index (χ0v) is 15.2. The minimum Gasteiger partial charge on any atom is -0.241 e. The summed E-state index contributed by atoms with van der Waals surface area (Å²) in [6.45, 7) is -0.174. The highest BCUT2D eigenvalue weighted by atomic mass is 35.5. The molecule has 1 N–H and O–H groups in total. The molecule has 0 atom stereocenters. The summed E-state index contributed by atoms with van der Waals surface area (Å²) in [6.07, 6.45) is -3.10. The standard InChI is InChI=1S/C17H13ClF3N3O2S/c18-16-7-6-14(10-15(16)17(19,20)21)27(25,26)22-11-12-8-9-24(23-12)13-4-2-1-3-5-13/h1-10,22H,11H2. The third-order valence-corrected chi connectivity index (χ3v) is 5.39. The van der Waals surface area contributed by atoms with Gasteiger partial charge in [0, 0.05) is 6.20 Å². The summed E-state index contributed by atoms with van der Waals surface area (Å²) in [4.78, 5) is -0.526. The fourth-order valence-corrected chi connectivity index (χ4v) is 3.57. The molecule has 1 heterocycles. The van der Waals surface area contributed by atoms with Gasteiger partial charge in [-0.15, -0.1) is 0 Å². The number of rotatable bonds is 5. The number of hydrogen-bond donors (Lipinski definition) is 1. The first-order valence-corrected chi connectivity index (χ1v) is 9.49. The first-order chi connectivity index (χ1) is 12.7. The quantitative estimate of drug-likeness (QED) is 0.684. The summed E-state index contributed by atoms with van der Waals surface area (Å²) in [5.41, 5.74) is -0.00744. The van der Waals surface area contributed by atoms with Crippen molar-refractivity contribution in [2.24, 2.45) is 0 Å². The van der Waals surface area contributed by atoms with Crippen molar-refractivity contribution >= 4 is 21.6 Å². The van der Waals surface area contributed by atoms with Gasteiger partial charge in [0.15, 0.2) is 0 Å². The van der Waals surface area contributed by atoms with Gasteiger partial charge in [-0.3, -0.25) is 0 Å². The van der Waals surface area contributed by atoms with E-state index in [9.17, 15) is 21.6 Å². The summed E-state index contributed by atoms with van der Waals surface area (Å²) in [6, 6.07) is 13.2. The van der Waals surface area contributed by atoms with Crippen LogP contribution < -0.4 is 4.72 Å². The Morgan fingerprint density at radius 3 is 2.44 bits per heavy atom. The minimum atomic E-state index is -4.75. The van der Waals surface area contributed by atoms with Gasteiger partial charge >= 0.3 is 6.18 Å². The molecule has 2 aromatic carbocycles. The SMILES string of the molecule is O=S(=O)(NCc1ccn(-c2ccccc2)n1)c1ccc(Cl)c(C(F)(F)F)c1. The van der Waals surface area contributed by atoms with Gasteiger partial charge in [0.2, 0.25) is 10.0 Å². The van der Waals surface area contributed by atoms with E-state index in [-0.39, 0.29) is 6.54 Å². The van der Waals surface area contributed by atoms with Gasteiger partial charge in [0.25, 0.3) is 0 Å². The van der Waals surface area contributed by atoms with Crippen molar-refractivity contribution in [1.82, 2.24) is 14.5 Å². The Morgan fingerprint density at radius 2 is 1.78 bits per heavy atom. The average Bonchev–Trinajstić information content (AvgIpc) is 3.09. The largest absolute Gasteiger partial charge is 0.417 e. The van der Waals surface area contributed by atoms with Crippen LogP contribution in [-0.4, -0.2) is 18.2 Å². The molecule has 142 valence electrons. The number of sulfonamides is 1. The monoisotopic (exact) mass is 415 g/mol. The van der Waals surface area contributed by atoms with Crippen molar-refractivity contribution in [3.05, 3.63) is 77.1 Å². The minimum absolute atomic E-state index is 0.174. The van der Waals surface area contributed by atoms with E-state index in [1.54, 1.807) is 16.9 Å². The lowest BCUT2D eigenvalue weighted by molar-refractivity contribution is -0.137. The Hall–Kier alpha value is -2.36. The molecule has 0 aliphatic rings. The van der Waals surface area contributed by atoms with E-state index in [0.29, 0.717) is 11.8 Å². The van der Waals surface area contributed by atoms with Crippen LogP contribution in [0.3, 0.4) is 0 Å². The Morgan fingerprint density at radius 1 is 1.07 bits per heavy atom. The van der Waals surface area contributed by atoms with E-state index < -0.39 is 31.7 Å². The zero-order valence-electron chi connectivity index (χ0n) is 13.6. The van der Waals surface area contributed by atoms with Gasteiger partial charge < -0.3 is 0 Å². The Bertz CT molecular complexity index is 1050. The van der Waals surface area contributed by atoms with Gasteiger partial charge in [0.1, 0.15) is 0 Å². The zero-order chi connectivity index (χ0) is 19.7. The number of hydrogen-bond acceptors (Lipinski definition) is 3. The summed E-state index contributed by atoms with van der Waals surface area (Å²) < 4.78 is 67.2. The van der Waals surface area contributed by atoms with Gasteiger partial charge in [0.05, 0.1) is 33.4 Å². The normalized spacial score (nSPS) is 12.3. The molecule has 3 rings (SSSR count). The number of aromatic nitrogens is 2. The molecule has 10 heteroatoms. The number of nitrogens with one attached hydrogen (secondary N) is 1. The molecule has 0 fully saturated rings. The number of alkyl halides is 3. The van der Waals surface area contributed by atoms with Crippen LogP contribution in [0.1, 0.15) is 11.3 Å². The second-order valence-electron chi connectivity index (χ2n) is 5.55. The smallest absolute Gasteiger partial charge is 0.241 e. The molecular weight excluding hydrogens is 403 g/mol. The third kappa shape index (κ3) is 4.49. The van der Waals surface area contributed by atoms with E-state index in [1.165, 1.54) is 0 Å². The average molecular weight is 416 g/mol. The molecule has 5 nitrogen and oxygen atoms in total. The number of nitrogens with zero attached hydrogens (tertiary/aromatic N) is 2. The van der Waals surface area contributed by atoms with E-state index in [2.05, 4.69) is 9.82 Å². The maximum Gasteiger partial charge on any atom is 0.417 e. The topological polar surface area (TPSA) is 64.0 Å². The van der Waals surface area contributed by atoms with Gasteiger partial charge in [-0.25, -0.2) is 17.8 Å². The van der Waals surface area contributed by atoms with E-state index >= 15 is 0 Å². The van der Waals surface area contributed by atoms with E-state index in [4.69, 9.17) is 11.6 Å². The molecule has 0 unspecified atom stereocenters. The van der Waals surface area contributed by atoms with Crippen LogP contribution in [0.15, 0.2) is 65.7 Å². The van der Waals surface area contributed by atoms with Crippen LogP contribution >= 0.6 is 11.6 Å². The summed E-state index contributed by atoms with van der Waals surface area (Å²) in [5, 5.41) is 3.67. The highest BCUT2D eigenvalue weighted by molar-refractivity contribution is 7.89. The van der Waals surface area contributed by atoms with Gasteiger partial charge in [-0.05, 0) is 36.4 Å². The van der Waals surface area contributed by atoms with Crippen LogP contribution in [0.2, 0.25) is 5.02 Å². The maximum atomic E-state index is 12.9. The molecule has 0 spiro atoms. The van der Waals surface area contributed by atoms with Crippen molar-refractivity contribution in [2.75, 3.05) is 0 Å². The fraction of sp³-hybridized carbons (Fsp3) is 0.118. The van der Waals surface area contributed by atoms with Crippen LogP contribution in [0.5, 0.6) is 0 Å². The number of benzene rings is 2. The molecule has 0 bridgehead atoms. The predicted octanol–water partition coefficient (Wildman–Crippen LogP) is 4.02. The molecule has 0 radical (unpaired) electrons. The van der Waals surface area contributed by atoms with Crippen molar-refractivity contribution in [3.63, 3.8) is 0 Å². The fourth-order valence-electron chi connectivity index (χ4n) is 2.32. The predicted molar refractivity (Wildman–Crippen MR) is 94.0 cm³/mol. The number of halogens is 4. The lowest BCUT2D eigenvalue weighted by Gasteiger charge is -2.11. The molecule has 0 saturated carbocycles. The molecule has 3 aromatic rings. The molecule has 0 aliphatic heterocycles. The second-order valence-corrected chi connectivity index (χ2v) is 7.73. The number of para-hydroxylation sites is 1. The molecule has 0 aliphatic carbocycles. The summed E-state index contributed by atoms with van der Waals surface area (Å²) in [5.74, 6) is 0. The van der Waals surface area contributed by atoms with Crippen molar-refractivity contribution in [1.29, 1.82) is 0 Å². The third-order valence-electron chi connectivity index (χ3n) is 3.66. The Balaban J connectivity index is 1.77. The van der Waals surface area contributed by atoms with Crippen molar-refractivity contribution < 1.29 is 21.6 Å². The first-order valence-electron chi connectivity index (χ1n) is 7.63. The highest BCUT2D eigenvalue weighted by Gasteiger charge is 2.34. The molecule has 0 saturated heterocycles. The van der Waals surface area contributed by atoms with Crippen molar-refractivity contribution in [3.8, 4) is 5.69 Å². The molecular formula is C17H13ClF3N3O2S. The second kappa shape index (κ2) is 7.34. The van der Waals surface area contributed by atoms with Crippen LogP contribution in [0, 0.1) is 0 Å². The van der Waals surface area contributed by atoms with Gasteiger partial charge in [-0.1, -0.05) is 29.8 Å². The Labute approximate surface area is 158 Å².